The van der Waals surface area contributed by atoms with Crippen LogP contribution >= 0.6 is 0 Å². The fraction of sp³-hybridized carbons (Fsp3) is 0.160. The van der Waals surface area contributed by atoms with Crippen LogP contribution in [0.15, 0.2) is 71.8 Å². The first-order valence-electron chi connectivity index (χ1n) is 10.0. The van der Waals surface area contributed by atoms with E-state index in [1.165, 1.54) is 0 Å². The molecule has 0 fully saturated rings. The number of para-hydroxylation sites is 1. The molecule has 1 atom stereocenters. The fourth-order valence-corrected chi connectivity index (χ4v) is 3.94. The van der Waals surface area contributed by atoms with Crippen molar-refractivity contribution in [3.05, 3.63) is 94.0 Å². The van der Waals surface area contributed by atoms with Crippen molar-refractivity contribution in [3.63, 3.8) is 0 Å². The number of pyridine rings is 2. The van der Waals surface area contributed by atoms with Gasteiger partial charge in [0.15, 0.2) is 0 Å². The summed E-state index contributed by atoms with van der Waals surface area (Å²) < 4.78 is 1.64. The second-order valence-electron chi connectivity index (χ2n) is 7.67. The Morgan fingerprint density at radius 1 is 1.10 bits per heavy atom. The largest absolute Gasteiger partial charge is 0.478 e. The lowest BCUT2D eigenvalue weighted by Crippen LogP contribution is -2.20. The lowest BCUT2D eigenvalue weighted by Gasteiger charge is -2.21. The van der Waals surface area contributed by atoms with Crippen molar-refractivity contribution in [2.75, 3.05) is 5.32 Å². The topological polar surface area (TPSA) is 84.2 Å². The molecule has 2 N–H and O–H groups in total. The molecule has 0 saturated heterocycles. The van der Waals surface area contributed by atoms with Crippen LogP contribution in [0.5, 0.6) is 0 Å². The van der Waals surface area contributed by atoms with Gasteiger partial charge in [0.25, 0.3) is 5.56 Å². The van der Waals surface area contributed by atoms with E-state index in [-0.39, 0.29) is 17.2 Å². The second-order valence-corrected chi connectivity index (χ2v) is 7.67. The maximum atomic E-state index is 13.2. The minimum Gasteiger partial charge on any atom is -0.478 e. The summed E-state index contributed by atoms with van der Waals surface area (Å²) in [6.07, 6.45) is 3.43. The number of rotatable bonds is 5. The van der Waals surface area contributed by atoms with E-state index >= 15 is 0 Å². The number of carboxylic acids is 1. The average Bonchev–Trinajstić information content (AvgIpc) is 2.77. The first-order valence-corrected chi connectivity index (χ1v) is 10.0. The number of aryl methyl sites for hydroxylation is 1. The molecular formula is C25H23N3O3. The Morgan fingerprint density at radius 2 is 1.87 bits per heavy atom. The van der Waals surface area contributed by atoms with E-state index in [0.717, 1.165) is 27.8 Å². The molecule has 0 aliphatic heterocycles. The standard InChI is InChI=1S/C25H23N3O3/c1-15-11-19(16(2)27-22-9-5-4-8-18(22)25(30)31)20-13-23(17-7-6-10-26-14-17)28(3)24(29)21(20)12-15/h4-14,16,27H,1-3H3,(H,30,31). The van der Waals surface area contributed by atoms with Gasteiger partial charge in [-0.05, 0) is 66.8 Å². The highest BCUT2D eigenvalue weighted by atomic mass is 16.4. The Morgan fingerprint density at radius 3 is 2.58 bits per heavy atom. The Bertz CT molecular complexity index is 1340. The molecule has 0 radical (unpaired) electrons. The van der Waals surface area contributed by atoms with E-state index in [9.17, 15) is 14.7 Å². The lowest BCUT2D eigenvalue weighted by atomic mass is 9.96. The minimum atomic E-state index is -0.989. The van der Waals surface area contributed by atoms with Crippen molar-refractivity contribution >= 4 is 22.4 Å². The number of hydrogen-bond acceptors (Lipinski definition) is 4. The summed E-state index contributed by atoms with van der Waals surface area (Å²) >= 11 is 0. The zero-order valence-corrected chi connectivity index (χ0v) is 17.6. The third-order valence-corrected chi connectivity index (χ3v) is 5.49. The summed E-state index contributed by atoms with van der Waals surface area (Å²) in [5.41, 5.74) is 4.18. The Hall–Kier alpha value is -3.93. The molecule has 2 aromatic heterocycles. The van der Waals surface area contributed by atoms with Gasteiger partial charge in [-0.2, -0.15) is 0 Å². The summed E-state index contributed by atoms with van der Waals surface area (Å²) in [5.74, 6) is -0.989. The van der Waals surface area contributed by atoms with Crippen molar-refractivity contribution in [3.8, 4) is 11.3 Å². The van der Waals surface area contributed by atoms with Gasteiger partial charge in [0, 0.05) is 42.1 Å². The molecule has 0 spiro atoms. The second kappa shape index (κ2) is 8.07. The van der Waals surface area contributed by atoms with Crippen molar-refractivity contribution in [1.82, 2.24) is 9.55 Å². The predicted molar refractivity (Wildman–Crippen MR) is 123 cm³/mol. The number of anilines is 1. The van der Waals surface area contributed by atoms with Crippen LogP contribution in [0.3, 0.4) is 0 Å². The average molecular weight is 413 g/mol. The monoisotopic (exact) mass is 413 g/mol. The van der Waals surface area contributed by atoms with Crippen LogP contribution in [0, 0.1) is 6.92 Å². The molecule has 6 nitrogen and oxygen atoms in total. The van der Waals surface area contributed by atoms with E-state index in [4.69, 9.17) is 0 Å². The third-order valence-electron chi connectivity index (χ3n) is 5.49. The molecule has 0 bridgehead atoms. The molecule has 0 amide bonds. The zero-order chi connectivity index (χ0) is 22.1. The summed E-state index contributed by atoms with van der Waals surface area (Å²) in [6.45, 7) is 3.92. The minimum absolute atomic E-state index is 0.0839. The van der Waals surface area contributed by atoms with E-state index in [1.807, 2.05) is 44.2 Å². The van der Waals surface area contributed by atoms with Gasteiger partial charge in [-0.3, -0.25) is 9.78 Å². The normalized spacial score (nSPS) is 12.0. The van der Waals surface area contributed by atoms with E-state index in [1.54, 1.807) is 48.3 Å². The lowest BCUT2D eigenvalue weighted by molar-refractivity contribution is 0.0698. The van der Waals surface area contributed by atoms with Gasteiger partial charge >= 0.3 is 5.97 Å². The molecule has 156 valence electrons. The maximum absolute atomic E-state index is 13.2. The van der Waals surface area contributed by atoms with Gasteiger partial charge in [0.05, 0.1) is 11.3 Å². The van der Waals surface area contributed by atoms with Crippen LogP contribution in [0.25, 0.3) is 22.0 Å². The molecule has 0 aliphatic carbocycles. The predicted octanol–water partition coefficient (Wildman–Crippen LogP) is 4.78. The van der Waals surface area contributed by atoms with Crippen LogP contribution in [0.4, 0.5) is 5.69 Å². The third kappa shape index (κ3) is 3.80. The summed E-state index contributed by atoms with van der Waals surface area (Å²) in [5, 5.41) is 14.3. The van der Waals surface area contributed by atoms with Gasteiger partial charge in [-0.1, -0.05) is 18.2 Å². The Labute approximate surface area is 179 Å². The first kappa shape index (κ1) is 20.3. The van der Waals surface area contributed by atoms with Crippen LogP contribution < -0.4 is 10.9 Å². The Kier molecular flexibility index (Phi) is 5.29. The number of fused-ring (bicyclic) bond motifs is 1. The molecule has 0 saturated carbocycles. The number of aromatic carboxylic acids is 1. The first-order chi connectivity index (χ1) is 14.9. The molecular weight excluding hydrogens is 390 g/mol. The number of hydrogen-bond donors (Lipinski definition) is 2. The van der Waals surface area contributed by atoms with Crippen molar-refractivity contribution in [1.29, 1.82) is 0 Å². The molecule has 1 unspecified atom stereocenters. The van der Waals surface area contributed by atoms with E-state index < -0.39 is 5.97 Å². The molecule has 4 rings (SSSR count). The van der Waals surface area contributed by atoms with Gasteiger partial charge in [0.2, 0.25) is 0 Å². The highest BCUT2D eigenvalue weighted by Gasteiger charge is 2.18. The van der Waals surface area contributed by atoms with Gasteiger partial charge in [-0.25, -0.2) is 4.79 Å². The number of nitrogens with zero attached hydrogens (tertiary/aromatic N) is 2. The van der Waals surface area contributed by atoms with Crippen molar-refractivity contribution in [2.45, 2.75) is 19.9 Å². The van der Waals surface area contributed by atoms with Crippen LogP contribution in [-0.4, -0.2) is 20.6 Å². The number of nitrogens with one attached hydrogen (secondary N) is 1. The fourth-order valence-electron chi connectivity index (χ4n) is 3.94. The molecule has 2 heterocycles. The summed E-state index contributed by atoms with van der Waals surface area (Å²) in [4.78, 5) is 29.0. The van der Waals surface area contributed by atoms with Gasteiger partial charge in [-0.15, -0.1) is 0 Å². The van der Waals surface area contributed by atoms with Crippen LogP contribution in [0.2, 0.25) is 0 Å². The van der Waals surface area contributed by atoms with Crippen molar-refractivity contribution in [2.24, 2.45) is 7.05 Å². The molecule has 2 aromatic carbocycles. The molecule has 0 aliphatic rings. The number of carboxylic acid groups (broad SMARTS) is 1. The van der Waals surface area contributed by atoms with Crippen LogP contribution in [0.1, 0.15) is 34.5 Å². The quantitative estimate of drug-likeness (QED) is 0.492. The number of benzene rings is 2. The number of aromatic nitrogens is 2. The number of carbonyl (C=O) groups is 1. The van der Waals surface area contributed by atoms with E-state index in [0.29, 0.717) is 11.1 Å². The van der Waals surface area contributed by atoms with Gasteiger partial charge in [0.1, 0.15) is 0 Å². The van der Waals surface area contributed by atoms with Crippen LogP contribution in [-0.2, 0) is 7.05 Å². The molecule has 4 aromatic rings. The highest BCUT2D eigenvalue weighted by molar-refractivity contribution is 5.94. The maximum Gasteiger partial charge on any atom is 0.337 e. The SMILES string of the molecule is Cc1cc(C(C)Nc2ccccc2C(=O)O)c2cc(-c3cccnc3)n(C)c(=O)c2c1. The zero-order valence-electron chi connectivity index (χ0n) is 17.6. The smallest absolute Gasteiger partial charge is 0.337 e. The molecule has 31 heavy (non-hydrogen) atoms. The summed E-state index contributed by atoms with van der Waals surface area (Å²) in [7, 11) is 1.76. The molecule has 6 heteroatoms. The highest BCUT2D eigenvalue weighted by Crippen LogP contribution is 2.31. The Balaban J connectivity index is 1.89. The van der Waals surface area contributed by atoms with Gasteiger partial charge < -0.3 is 15.0 Å². The van der Waals surface area contributed by atoms with E-state index in [2.05, 4.69) is 10.3 Å². The summed E-state index contributed by atoms with van der Waals surface area (Å²) in [6, 6.07) is 16.3. The van der Waals surface area contributed by atoms with Crippen molar-refractivity contribution < 1.29 is 9.90 Å².